The van der Waals surface area contributed by atoms with Crippen LogP contribution in [0.5, 0.6) is 0 Å². The molecule has 0 spiro atoms. The van der Waals surface area contributed by atoms with Crippen LogP contribution < -0.4 is 0 Å². The Labute approximate surface area is 155 Å². The van der Waals surface area contributed by atoms with E-state index >= 15 is 0 Å². The summed E-state index contributed by atoms with van der Waals surface area (Å²) in [6.07, 6.45) is 2.30. The number of benzene rings is 2. The third-order valence-corrected chi connectivity index (χ3v) is 8.77. The van der Waals surface area contributed by atoms with Crippen LogP contribution in [0.25, 0.3) is 22.3 Å². The molecule has 0 N–H and O–H groups in total. The van der Waals surface area contributed by atoms with Crippen molar-refractivity contribution in [3.8, 4) is 22.3 Å². The van der Waals surface area contributed by atoms with E-state index in [4.69, 9.17) is 0 Å². The Morgan fingerprint density at radius 1 is 0.577 bits per heavy atom. The zero-order chi connectivity index (χ0) is 18.9. The fourth-order valence-electron chi connectivity index (χ4n) is 2.69. The van der Waals surface area contributed by atoms with Crippen LogP contribution in [-0.2, 0) is 18.9 Å². The summed E-state index contributed by atoms with van der Waals surface area (Å²) in [5, 5.41) is 0. The van der Waals surface area contributed by atoms with Gasteiger partial charge in [0.05, 0.1) is 0 Å². The first-order chi connectivity index (χ1) is 12.2. The standard InChI is InChI=1S/C18H16O4P2S2/c1-25(19,20)23-17-15(13-9-5-3-6-10-13)16(14-11-7-4-8-12-14)18(17)24-26(2,21)22/h3-12H,1-2H3. The molecular weight excluding hydrogens is 406 g/mol. The second-order valence-electron chi connectivity index (χ2n) is 5.83. The van der Waals surface area contributed by atoms with Crippen molar-refractivity contribution in [2.75, 3.05) is 12.5 Å². The van der Waals surface area contributed by atoms with Crippen molar-refractivity contribution in [3.05, 3.63) is 70.5 Å². The van der Waals surface area contributed by atoms with Crippen LogP contribution in [0.15, 0.2) is 60.7 Å². The molecule has 0 bridgehead atoms. The maximum Gasteiger partial charge on any atom is 0.190 e. The molecule has 3 rings (SSSR count). The molecular formula is C18H16O4P2S2. The minimum absolute atomic E-state index is 0.122. The molecule has 8 heteroatoms. The Morgan fingerprint density at radius 2 is 0.885 bits per heavy atom. The SMILES string of the molecule is CS(=O)(=O)P=c1c(-c2ccccc2)c(-c2ccccc2)c1=PS(C)(=O)=O. The Kier molecular flexibility index (Phi) is 5.32. The molecule has 4 nitrogen and oxygen atoms in total. The smallest absolute Gasteiger partial charge is 0.190 e. The van der Waals surface area contributed by atoms with Gasteiger partial charge < -0.3 is 0 Å². The second kappa shape index (κ2) is 7.21. The first kappa shape index (κ1) is 19.2. The van der Waals surface area contributed by atoms with Crippen molar-refractivity contribution in [3.63, 3.8) is 0 Å². The molecule has 0 aliphatic rings. The summed E-state index contributed by atoms with van der Waals surface area (Å²) in [5.41, 5.74) is 3.36. The first-order valence-corrected chi connectivity index (χ1v) is 14.4. The van der Waals surface area contributed by atoms with Crippen LogP contribution in [0.1, 0.15) is 0 Å². The van der Waals surface area contributed by atoms with Crippen molar-refractivity contribution < 1.29 is 16.8 Å². The van der Waals surface area contributed by atoms with E-state index in [9.17, 15) is 16.8 Å². The third-order valence-electron chi connectivity index (χ3n) is 3.59. The summed E-state index contributed by atoms with van der Waals surface area (Å²) in [6, 6.07) is 18.9. The number of rotatable bonds is 4. The number of hydrogen-bond donors (Lipinski definition) is 0. The van der Waals surface area contributed by atoms with Crippen molar-refractivity contribution in [1.29, 1.82) is 0 Å². The average Bonchev–Trinajstić information content (AvgIpc) is 2.56. The van der Waals surface area contributed by atoms with Gasteiger partial charge >= 0.3 is 0 Å². The summed E-state index contributed by atoms with van der Waals surface area (Å²) in [5.74, 6) is 0. The lowest BCUT2D eigenvalue weighted by atomic mass is 9.90. The summed E-state index contributed by atoms with van der Waals surface area (Å²) >= 11 is 0. The molecule has 0 saturated heterocycles. The lowest BCUT2D eigenvalue weighted by molar-refractivity contribution is 0.613. The van der Waals surface area contributed by atoms with Crippen LogP contribution in [0, 0.1) is 9.88 Å². The van der Waals surface area contributed by atoms with Crippen molar-refractivity contribution in [1.82, 2.24) is 0 Å². The van der Waals surface area contributed by atoms with Crippen LogP contribution in [0.3, 0.4) is 0 Å². The highest BCUT2D eigenvalue weighted by Crippen LogP contribution is 2.44. The van der Waals surface area contributed by atoms with Gasteiger partial charge in [0, 0.05) is 48.3 Å². The van der Waals surface area contributed by atoms with E-state index in [-0.39, 0.29) is 14.8 Å². The van der Waals surface area contributed by atoms with Crippen molar-refractivity contribution >= 4 is 33.7 Å². The van der Waals surface area contributed by atoms with Gasteiger partial charge in [-0.3, -0.25) is 0 Å². The van der Waals surface area contributed by atoms with E-state index in [0.29, 0.717) is 9.88 Å². The molecule has 0 aliphatic carbocycles. The Hall–Kier alpha value is -1.58. The predicted octanol–water partition coefficient (Wildman–Crippen LogP) is 4.77. The molecule has 0 radical (unpaired) electrons. The molecule has 0 aliphatic heterocycles. The minimum Gasteiger partial charge on any atom is -0.220 e. The van der Waals surface area contributed by atoms with E-state index in [1.54, 1.807) is 0 Å². The van der Waals surface area contributed by atoms with Crippen LogP contribution in [0.4, 0.5) is 0 Å². The van der Waals surface area contributed by atoms with E-state index in [2.05, 4.69) is 0 Å². The van der Waals surface area contributed by atoms with Crippen LogP contribution in [0.2, 0.25) is 0 Å². The maximum absolute atomic E-state index is 11.9. The molecule has 0 atom stereocenters. The largest absolute Gasteiger partial charge is 0.220 e. The Bertz CT molecular complexity index is 1150. The molecule has 134 valence electrons. The van der Waals surface area contributed by atoms with E-state index in [1.807, 2.05) is 60.7 Å². The van der Waals surface area contributed by atoms with Gasteiger partial charge in [0.15, 0.2) is 18.9 Å². The lowest BCUT2D eigenvalue weighted by Crippen LogP contribution is -1.97. The highest BCUT2D eigenvalue weighted by Gasteiger charge is 2.21. The highest BCUT2D eigenvalue weighted by molar-refractivity contribution is 8.41. The van der Waals surface area contributed by atoms with Crippen LogP contribution in [-0.4, -0.2) is 29.3 Å². The fourth-order valence-corrected chi connectivity index (χ4v) is 8.21. The first-order valence-electron chi connectivity index (χ1n) is 7.62. The molecule has 26 heavy (non-hydrogen) atoms. The summed E-state index contributed by atoms with van der Waals surface area (Å²) in [4.78, 5) is 1.12. The maximum atomic E-state index is 11.9. The molecule has 0 saturated carbocycles. The fraction of sp³-hybridized carbons (Fsp3) is 0.111. The molecule has 0 amide bonds. The van der Waals surface area contributed by atoms with E-state index in [0.717, 1.165) is 34.8 Å². The minimum atomic E-state index is -3.34. The zero-order valence-electron chi connectivity index (χ0n) is 14.1. The van der Waals surface area contributed by atoms with Gasteiger partial charge in [0.2, 0.25) is 0 Å². The Morgan fingerprint density at radius 3 is 1.15 bits per heavy atom. The van der Waals surface area contributed by atoms with Gasteiger partial charge in [0.1, 0.15) is 0 Å². The van der Waals surface area contributed by atoms with E-state index < -0.39 is 18.9 Å². The van der Waals surface area contributed by atoms with E-state index in [1.165, 1.54) is 0 Å². The topological polar surface area (TPSA) is 68.3 Å². The zero-order valence-corrected chi connectivity index (χ0v) is 17.5. The monoisotopic (exact) mass is 422 g/mol. The third kappa shape index (κ3) is 4.39. The van der Waals surface area contributed by atoms with Gasteiger partial charge in [-0.05, 0) is 11.1 Å². The summed E-state index contributed by atoms with van der Waals surface area (Å²) < 4.78 is 47.8. The Balaban J connectivity index is 2.49. The molecule has 0 aromatic heterocycles. The van der Waals surface area contributed by atoms with Crippen LogP contribution >= 0.6 is 14.8 Å². The van der Waals surface area contributed by atoms with Gasteiger partial charge in [-0.2, -0.15) is 0 Å². The molecule has 3 aromatic carbocycles. The van der Waals surface area contributed by atoms with Gasteiger partial charge in [-0.25, -0.2) is 16.8 Å². The second-order valence-corrected chi connectivity index (χ2v) is 15.1. The molecule has 0 unspecified atom stereocenters. The van der Waals surface area contributed by atoms with Gasteiger partial charge in [0.25, 0.3) is 0 Å². The average molecular weight is 422 g/mol. The molecule has 0 fully saturated rings. The van der Waals surface area contributed by atoms with Gasteiger partial charge in [-0.1, -0.05) is 60.7 Å². The summed E-state index contributed by atoms with van der Waals surface area (Å²) in [7, 11) is -6.43. The predicted molar refractivity (Wildman–Crippen MR) is 110 cm³/mol. The number of hydrogen-bond acceptors (Lipinski definition) is 4. The summed E-state index contributed by atoms with van der Waals surface area (Å²) in [6.45, 7) is 0. The quantitative estimate of drug-likeness (QED) is 0.568. The van der Waals surface area contributed by atoms with Gasteiger partial charge in [-0.15, -0.1) is 0 Å². The van der Waals surface area contributed by atoms with Crippen molar-refractivity contribution in [2.45, 2.75) is 0 Å². The normalized spacial score (nSPS) is 14.1. The molecule has 3 aromatic rings. The molecule has 0 heterocycles. The lowest BCUT2D eigenvalue weighted by Gasteiger charge is -2.17. The van der Waals surface area contributed by atoms with Crippen molar-refractivity contribution in [2.24, 2.45) is 0 Å². The highest BCUT2D eigenvalue weighted by atomic mass is 32.7.